The van der Waals surface area contributed by atoms with E-state index in [-0.39, 0.29) is 6.61 Å². The first-order valence-corrected chi connectivity index (χ1v) is 7.17. The Bertz CT molecular complexity index is 382. The fourth-order valence-electron chi connectivity index (χ4n) is 3.13. The van der Waals surface area contributed by atoms with Gasteiger partial charge in [-0.1, -0.05) is 37.3 Å². The fourth-order valence-corrected chi connectivity index (χ4v) is 3.13. The lowest BCUT2D eigenvalue weighted by Crippen LogP contribution is -2.37. The first kappa shape index (κ1) is 14.5. The van der Waals surface area contributed by atoms with Crippen molar-refractivity contribution in [3.8, 4) is 0 Å². The van der Waals surface area contributed by atoms with Crippen LogP contribution >= 0.6 is 0 Å². The second kappa shape index (κ2) is 6.51. The van der Waals surface area contributed by atoms with Gasteiger partial charge in [0.05, 0.1) is 6.61 Å². The third kappa shape index (κ3) is 4.30. The van der Waals surface area contributed by atoms with Crippen LogP contribution in [0.3, 0.4) is 0 Å². The van der Waals surface area contributed by atoms with Crippen LogP contribution in [0.25, 0.3) is 0 Å². The molecule has 3 nitrogen and oxygen atoms in total. The maximum Gasteiger partial charge on any atom is 0.0558 e. The summed E-state index contributed by atoms with van der Waals surface area (Å²) in [7, 11) is 2.10. The highest BCUT2D eigenvalue weighted by Crippen LogP contribution is 2.31. The van der Waals surface area contributed by atoms with E-state index >= 15 is 0 Å². The molecule has 0 bridgehead atoms. The molecule has 106 valence electrons. The molecule has 1 N–H and O–H groups in total. The molecular weight excluding hydrogens is 236 g/mol. The van der Waals surface area contributed by atoms with E-state index in [9.17, 15) is 0 Å². The van der Waals surface area contributed by atoms with E-state index in [1.807, 2.05) is 0 Å². The van der Waals surface area contributed by atoms with Crippen molar-refractivity contribution in [2.45, 2.75) is 19.9 Å². The summed E-state index contributed by atoms with van der Waals surface area (Å²) < 4.78 is 0. The number of hydrogen-bond donors (Lipinski definition) is 1. The first-order valence-electron chi connectivity index (χ1n) is 7.17. The molecule has 1 atom stereocenters. The zero-order valence-corrected chi connectivity index (χ0v) is 12.2. The molecule has 1 aromatic rings. The number of hydrogen-bond acceptors (Lipinski definition) is 3. The minimum absolute atomic E-state index is 0.250. The van der Waals surface area contributed by atoms with Crippen molar-refractivity contribution >= 4 is 0 Å². The molecule has 3 heteroatoms. The van der Waals surface area contributed by atoms with Gasteiger partial charge in [-0.2, -0.15) is 0 Å². The maximum atomic E-state index is 8.99. The molecule has 0 aromatic heterocycles. The van der Waals surface area contributed by atoms with Crippen LogP contribution in [0.1, 0.15) is 18.9 Å². The molecule has 1 unspecified atom stereocenters. The van der Waals surface area contributed by atoms with Gasteiger partial charge >= 0.3 is 0 Å². The van der Waals surface area contributed by atoms with E-state index in [4.69, 9.17) is 5.11 Å². The lowest BCUT2D eigenvalue weighted by atomic mass is 9.89. The number of likely N-dealkylation sites (tertiary alicyclic amines) is 1. The van der Waals surface area contributed by atoms with Gasteiger partial charge in [0.15, 0.2) is 0 Å². The van der Waals surface area contributed by atoms with Gasteiger partial charge in [-0.25, -0.2) is 0 Å². The first-order chi connectivity index (χ1) is 9.11. The van der Waals surface area contributed by atoms with Crippen molar-refractivity contribution in [1.29, 1.82) is 0 Å². The number of aliphatic hydroxyl groups is 1. The normalized spacial score (nSPS) is 24.2. The van der Waals surface area contributed by atoms with Crippen LogP contribution in [0.4, 0.5) is 0 Å². The Morgan fingerprint density at radius 2 is 2.05 bits per heavy atom. The standard InChI is InChI=1S/C16H26N2O/c1-16(13-17(2)10-11-19)8-9-18(14-16)12-15-6-4-3-5-7-15/h3-7,19H,8-14H2,1-2H3. The summed E-state index contributed by atoms with van der Waals surface area (Å²) in [5.74, 6) is 0. The molecular formula is C16H26N2O. The van der Waals surface area contributed by atoms with Crippen molar-refractivity contribution in [1.82, 2.24) is 9.80 Å². The van der Waals surface area contributed by atoms with E-state index in [0.29, 0.717) is 5.41 Å². The molecule has 19 heavy (non-hydrogen) atoms. The predicted octanol–water partition coefficient (Wildman–Crippen LogP) is 1.82. The van der Waals surface area contributed by atoms with Crippen molar-refractivity contribution in [3.63, 3.8) is 0 Å². The van der Waals surface area contributed by atoms with E-state index in [1.165, 1.54) is 18.5 Å². The molecule has 1 saturated heterocycles. The summed E-state index contributed by atoms with van der Waals surface area (Å²) in [6.07, 6.45) is 1.25. The third-order valence-corrected chi connectivity index (χ3v) is 4.02. The van der Waals surface area contributed by atoms with Gasteiger partial charge in [0.2, 0.25) is 0 Å². The largest absolute Gasteiger partial charge is 0.395 e. The monoisotopic (exact) mass is 262 g/mol. The summed E-state index contributed by atoms with van der Waals surface area (Å²) in [6.45, 7) is 7.84. The predicted molar refractivity (Wildman–Crippen MR) is 79.0 cm³/mol. The van der Waals surface area contributed by atoms with Gasteiger partial charge in [-0.05, 0) is 31.0 Å². The van der Waals surface area contributed by atoms with Crippen molar-refractivity contribution in [2.75, 3.05) is 39.8 Å². The van der Waals surface area contributed by atoms with Gasteiger partial charge in [0.25, 0.3) is 0 Å². The van der Waals surface area contributed by atoms with E-state index in [0.717, 1.165) is 26.2 Å². The molecule has 1 heterocycles. The number of aliphatic hydroxyl groups excluding tert-OH is 1. The van der Waals surface area contributed by atoms with E-state index in [2.05, 4.69) is 54.1 Å². The SMILES string of the molecule is CN(CCO)CC1(C)CCN(Cc2ccccc2)C1. The Morgan fingerprint density at radius 3 is 2.74 bits per heavy atom. The summed E-state index contributed by atoms with van der Waals surface area (Å²) in [6, 6.07) is 10.7. The average molecular weight is 262 g/mol. The molecule has 0 radical (unpaired) electrons. The van der Waals surface area contributed by atoms with Gasteiger partial charge in [0, 0.05) is 26.2 Å². The minimum atomic E-state index is 0.250. The quantitative estimate of drug-likeness (QED) is 0.847. The third-order valence-electron chi connectivity index (χ3n) is 4.02. The molecule has 1 aliphatic heterocycles. The second-order valence-corrected chi connectivity index (χ2v) is 6.22. The van der Waals surface area contributed by atoms with Gasteiger partial charge in [-0.3, -0.25) is 4.90 Å². The van der Waals surface area contributed by atoms with Gasteiger partial charge in [-0.15, -0.1) is 0 Å². The number of likely N-dealkylation sites (N-methyl/N-ethyl adjacent to an activating group) is 1. The molecule has 0 aliphatic carbocycles. The minimum Gasteiger partial charge on any atom is -0.395 e. The zero-order valence-electron chi connectivity index (χ0n) is 12.2. The Hall–Kier alpha value is -0.900. The number of rotatable bonds is 6. The molecule has 0 amide bonds. The number of benzene rings is 1. The Morgan fingerprint density at radius 1 is 1.32 bits per heavy atom. The maximum absolute atomic E-state index is 8.99. The fraction of sp³-hybridized carbons (Fsp3) is 0.625. The smallest absolute Gasteiger partial charge is 0.0558 e. The topological polar surface area (TPSA) is 26.7 Å². The van der Waals surface area contributed by atoms with Gasteiger partial charge in [0.1, 0.15) is 0 Å². The van der Waals surface area contributed by atoms with Crippen molar-refractivity contribution < 1.29 is 5.11 Å². The molecule has 1 fully saturated rings. The highest BCUT2D eigenvalue weighted by molar-refractivity contribution is 5.14. The highest BCUT2D eigenvalue weighted by atomic mass is 16.3. The summed E-state index contributed by atoms with van der Waals surface area (Å²) in [4.78, 5) is 4.79. The molecule has 1 aliphatic rings. The van der Waals surface area contributed by atoms with Crippen LogP contribution in [0.2, 0.25) is 0 Å². The van der Waals surface area contributed by atoms with Crippen LogP contribution in [0.15, 0.2) is 30.3 Å². The zero-order chi connectivity index (χ0) is 13.7. The summed E-state index contributed by atoms with van der Waals surface area (Å²) >= 11 is 0. The van der Waals surface area contributed by atoms with Crippen LogP contribution in [0, 0.1) is 5.41 Å². The van der Waals surface area contributed by atoms with E-state index in [1.54, 1.807) is 0 Å². The van der Waals surface area contributed by atoms with Crippen LogP contribution in [-0.2, 0) is 6.54 Å². The van der Waals surface area contributed by atoms with Crippen LogP contribution < -0.4 is 0 Å². The molecule has 1 aromatic carbocycles. The Kier molecular flexibility index (Phi) is 4.97. The lowest BCUT2D eigenvalue weighted by molar-refractivity contribution is 0.157. The summed E-state index contributed by atoms with van der Waals surface area (Å²) in [5.41, 5.74) is 1.76. The van der Waals surface area contributed by atoms with Crippen molar-refractivity contribution in [2.24, 2.45) is 5.41 Å². The van der Waals surface area contributed by atoms with Crippen molar-refractivity contribution in [3.05, 3.63) is 35.9 Å². The highest BCUT2D eigenvalue weighted by Gasteiger charge is 2.34. The Labute approximate surface area is 116 Å². The molecule has 0 spiro atoms. The van der Waals surface area contributed by atoms with E-state index < -0.39 is 0 Å². The summed E-state index contributed by atoms with van der Waals surface area (Å²) in [5, 5.41) is 8.99. The van der Waals surface area contributed by atoms with Crippen LogP contribution in [0.5, 0.6) is 0 Å². The van der Waals surface area contributed by atoms with Crippen LogP contribution in [-0.4, -0.2) is 54.7 Å². The molecule has 0 saturated carbocycles. The lowest BCUT2D eigenvalue weighted by Gasteiger charge is -2.30. The second-order valence-electron chi connectivity index (χ2n) is 6.22. The average Bonchev–Trinajstić information content (AvgIpc) is 2.72. The van der Waals surface area contributed by atoms with Gasteiger partial charge < -0.3 is 10.0 Å². The Balaban J connectivity index is 1.85. The number of nitrogens with zero attached hydrogens (tertiary/aromatic N) is 2. The molecule has 2 rings (SSSR count).